The maximum absolute atomic E-state index is 12.6. The molecule has 1 atom stereocenters. The number of rotatable bonds is 7. The van der Waals surface area contributed by atoms with Crippen molar-refractivity contribution in [3.05, 3.63) is 89.2 Å². The summed E-state index contributed by atoms with van der Waals surface area (Å²) >= 11 is 0. The van der Waals surface area contributed by atoms with E-state index in [1.165, 1.54) is 22.4 Å². The number of nitrogens with one attached hydrogen (secondary N) is 1. The first-order valence-corrected chi connectivity index (χ1v) is 11.7. The molecule has 0 spiro atoms. The monoisotopic (exact) mass is 445 g/mol. The van der Waals surface area contributed by atoms with Crippen LogP contribution in [0, 0.1) is 0 Å². The van der Waals surface area contributed by atoms with Gasteiger partial charge in [-0.1, -0.05) is 57.2 Å². The first-order chi connectivity index (χ1) is 15.8. The van der Waals surface area contributed by atoms with Crippen molar-refractivity contribution in [2.24, 2.45) is 7.05 Å². The van der Waals surface area contributed by atoms with Crippen LogP contribution in [0.5, 0.6) is 5.75 Å². The number of carbonyl (C=O) groups is 1. The van der Waals surface area contributed by atoms with Gasteiger partial charge in [0.1, 0.15) is 5.75 Å². The second-order valence-corrected chi connectivity index (χ2v) is 9.92. The van der Waals surface area contributed by atoms with Crippen molar-refractivity contribution in [3.63, 3.8) is 0 Å². The molecule has 1 unspecified atom stereocenters. The first kappa shape index (κ1) is 23.1. The number of aryl methyl sites for hydroxylation is 1. The smallest absolute Gasteiger partial charge is 0.258 e. The van der Waals surface area contributed by atoms with Gasteiger partial charge in [-0.05, 0) is 52.8 Å². The van der Waals surface area contributed by atoms with Crippen molar-refractivity contribution >= 4 is 5.91 Å². The summed E-state index contributed by atoms with van der Waals surface area (Å²) in [5.41, 5.74) is 5.34. The molecule has 0 saturated carbocycles. The molecule has 1 N–H and O–H groups in total. The highest BCUT2D eigenvalue weighted by Crippen LogP contribution is 2.28. The molecule has 174 valence electrons. The summed E-state index contributed by atoms with van der Waals surface area (Å²) in [6.45, 7) is 8.96. The molecule has 1 aliphatic heterocycles. The second-order valence-electron chi connectivity index (χ2n) is 9.92. The number of ether oxygens (including phenoxy) is 1. The number of carbonyl (C=O) groups excluding carboxylic acids is 1. The Morgan fingerprint density at radius 2 is 1.76 bits per heavy atom. The van der Waals surface area contributed by atoms with Crippen molar-refractivity contribution in [1.29, 1.82) is 0 Å². The zero-order valence-corrected chi connectivity index (χ0v) is 20.2. The molecular weight excluding hydrogens is 410 g/mol. The average Bonchev–Trinajstić information content (AvgIpc) is 3.23. The minimum absolute atomic E-state index is 0.0115. The van der Waals surface area contributed by atoms with Gasteiger partial charge in [-0.2, -0.15) is 0 Å². The van der Waals surface area contributed by atoms with E-state index in [0.29, 0.717) is 12.3 Å². The molecule has 4 rings (SSSR count). The van der Waals surface area contributed by atoms with Gasteiger partial charge in [0.2, 0.25) is 0 Å². The van der Waals surface area contributed by atoms with Gasteiger partial charge in [-0.3, -0.25) is 9.69 Å². The molecule has 2 heterocycles. The van der Waals surface area contributed by atoms with Crippen molar-refractivity contribution < 1.29 is 9.53 Å². The Balaban J connectivity index is 1.37. The lowest BCUT2D eigenvalue weighted by Gasteiger charge is -2.36. The lowest BCUT2D eigenvalue weighted by atomic mass is 9.87. The molecular formula is C28H35N3O2. The third kappa shape index (κ3) is 5.66. The van der Waals surface area contributed by atoms with E-state index in [4.69, 9.17) is 4.74 Å². The number of amides is 1. The fraction of sp³-hybridized carbons (Fsp3) is 0.393. The van der Waals surface area contributed by atoms with E-state index in [2.05, 4.69) is 97.3 Å². The molecule has 0 fully saturated rings. The number of nitrogens with zero attached hydrogens (tertiary/aromatic N) is 2. The third-order valence-corrected chi connectivity index (χ3v) is 6.51. The van der Waals surface area contributed by atoms with Gasteiger partial charge in [0.15, 0.2) is 6.61 Å². The molecule has 0 radical (unpaired) electrons. The summed E-state index contributed by atoms with van der Waals surface area (Å²) in [7, 11) is 2.06. The summed E-state index contributed by atoms with van der Waals surface area (Å²) in [6.07, 6.45) is 3.09. The highest BCUT2D eigenvalue weighted by atomic mass is 16.5. The van der Waals surface area contributed by atoms with E-state index in [1.54, 1.807) is 0 Å². The van der Waals surface area contributed by atoms with Crippen LogP contribution in [0.25, 0.3) is 0 Å². The zero-order valence-electron chi connectivity index (χ0n) is 20.2. The summed E-state index contributed by atoms with van der Waals surface area (Å²) < 4.78 is 7.89. The SMILES string of the molecule is Cn1cccc1C(CNC(=O)COc1ccc(C(C)(C)C)cc1)N1CCc2ccccc2C1. The van der Waals surface area contributed by atoms with Gasteiger partial charge in [0, 0.05) is 38.6 Å². The highest BCUT2D eigenvalue weighted by molar-refractivity contribution is 5.77. The fourth-order valence-corrected chi connectivity index (χ4v) is 4.49. The summed E-state index contributed by atoms with van der Waals surface area (Å²) in [6, 6.07) is 21.0. The predicted molar refractivity (Wildman–Crippen MR) is 132 cm³/mol. The number of hydrogen-bond donors (Lipinski definition) is 1. The zero-order chi connectivity index (χ0) is 23.4. The molecule has 0 saturated heterocycles. The number of benzene rings is 2. The summed E-state index contributed by atoms with van der Waals surface area (Å²) in [5, 5.41) is 3.11. The van der Waals surface area contributed by atoms with Crippen LogP contribution in [0.4, 0.5) is 0 Å². The van der Waals surface area contributed by atoms with Crippen LogP contribution in [0.3, 0.4) is 0 Å². The lowest BCUT2D eigenvalue weighted by molar-refractivity contribution is -0.123. The molecule has 5 nitrogen and oxygen atoms in total. The minimum Gasteiger partial charge on any atom is -0.484 e. The molecule has 1 amide bonds. The molecule has 3 aromatic rings. The predicted octanol–water partition coefficient (Wildman–Crippen LogP) is 4.62. The van der Waals surface area contributed by atoms with Gasteiger partial charge in [-0.15, -0.1) is 0 Å². The quantitative estimate of drug-likeness (QED) is 0.577. The van der Waals surface area contributed by atoms with Crippen LogP contribution in [-0.4, -0.2) is 35.1 Å². The van der Waals surface area contributed by atoms with E-state index in [9.17, 15) is 4.79 Å². The largest absolute Gasteiger partial charge is 0.484 e. The average molecular weight is 446 g/mol. The van der Waals surface area contributed by atoms with E-state index in [1.807, 2.05) is 12.1 Å². The maximum Gasteiger partial charge on any atom is 0.258 e. The molecule has 5 heteroatoms. The van der Waals surface area contributed by atoms with Crippen LogP contribution in [0.2, 0.25) is 0 Å². The Labute approximate surface area is 197 Å². The van der Waals surface area contributed by atoms with Gasteiger partial charge in [-0.25, -0.2) is 0 Å². The van der Waals surface area contributed by atoms with E-state index >= 15 is 0 Å². The maximum atomic E-state index is 12.6. The van der Waals surface area contributed by atoms with Crippen molar-refractivity contribution in [1.82, 2.24) is 14.8 Å². The van der Waals surface area contributed by atoms with Crippen molar-refractivity contribution in [2.45, 2.75) is 45.2 Å². The first-order valence-electron chi connectivity index (χ1n) is 11.7. The van der Waals surface area contributed by atoms with E-state index < -0.39 is 0 Å². The molecule has 0 bridgehead atoms. The van der Waals surface area contributed by atoms with Crippen LogP contribution in [0.15, 0.2) is 66.9 Å². The van der Waals surface area contributed by atoms with Crippen LogP contribution in [0.1, 0.15) is 49.2 Å². The molecule has 2 aromatic carbocycles. The summed E-state index contributed by atoms with van der Waals surface area (Å²) in [4.78, 5) is 15.1. The summed E-state index contributed by atoms with van der Waals surface area (Å²) in [5.74, 6) is 0.608. The van der Waals surface area contributed by atoms with Crippen molar-refractivity contribution in [2.75, 3.05) is 19.7 Å². The number of hydrogen-bond acceptors (Lipinski definition) is 3. The Bertz CT molecular complexity index is 1080. The molecule has 0 aliphatic carbocycles. The fourth-order valence-electron chi connectivity index (χ4n) is 4.49. The molecule has 33 heavy (non-hydrogen) atoms. The van der Waals surface area contributed by atoms with Gasteiger partial charge in [0.05, 0.1) is 6.04 Å². The van der Waals surface area contributed by atoms with Crippen LogP contribution in [-0.2, 0) is 30.2 Å². The van der Waals surface area contributed by atoms with E-state index in [-0.39, 0.29) is 24.0 Å². The topological polar surface area (TPSA) is 46.5 Å². The minimum atomic E-state index is -0.105. The normalized spacial score (nSPS) is 15.0. The Morgan fingerprint density at radius 3 is 2.42 bits per heavy atom. The third-order valence-electron chi connectivity index (χ3n) is 6.51. The van der Waals surface area contributed by atoms with Crippen LogP contribution < -0.4 is 10.1 Å². The Kier molecular flexibility index (Phi) is 6.89. The van der Waals surface area contributed by atoms with E-state index in [0.717, 1.165) is 19.5 Å². The Hall–Kier alpha value is -3.05. The molecule has 1 aliphatic rings. The number of aromatic nitrogens is 1. The number of fused-ring (bicyclic) bond motifs is 1. The van der Waals surface area contributed by atoms with Crippen molar-refractivity contribution in [3.8, 4) is 5.75 Å². The van der Waals surface area contributed by atoms with Gasteiger partial charge < -0.3 is 14.6 Å². The van der Waals surface area contributed by atoms with Gasteiger partial charge in [0.25, 0.3) is 5.91 Å². The Morgan fingerprint density at radius 1 is 1.03 bits per heavy atom. The highest BCUT2D eigenvalue weighted by Gasteiger charge is 2.26. The second kappa shape index (κ2) is 9.84. The lowest BCUT2D eigenvalue weighted by Crippen LogP contribution is -2.42. The molecule has 1 aromatic heterocycles. The van der Waals surface area contributed by atoms with Gasteiger partial charge >= 0.3 is 0 Å². The standard InChI is InChI=1S/C28H35N3O2/c1-28(2,3)23-11-13-24(14-12-23)33-20-27(32)29-18-26(25-10-7-16-30(25)4)31-17-15-21-8-5-6-9-22(21)19-31/h5-14,16,26H,15,17-20H2,1-4H3,(H,29,32). The van der Waals surface area contributed by atoms with Crippen LogP contribution >= 0.6 is 0 Å².